The number of aldehydes is 1. The molecule has 0 bridgehead atoms. The van der Waals surface area contributed by atoms with Crippen LogP contribution in [0.1, 0.15) is 33.1 Å². The second-order valence-electron chi connectivity index (χ2n) is 3.42. The third kappa shape index (κ3) is 1.00. The van der Waals surface area contributed by atoms with E-state index in [9.17, 15) is 4.79 Å². The Labute approximate surface area is 56.4 Å². The first kappa shape index (κ1) is 6.79. The quantitative estimate of drug-likeness (QED) is 0.491. The summed E-state index contributed by atoms with van der Waals surface area (Å²) >= 11 is 0. The molecule has 52 valence electrons. The van der Waals surface area contributed by atoms with Crippen LogP contribution < -0.4 is 0 Å². The first-order chi connectivity index (χ1) is 4.19. The Morgan fingerprint density at radius 2 is 2.33 bits per heavy atom. The molecule has 2 atom stereocenters. The standard InChI is InChI=1S/C8H14O/c1-7-4-3-5-8(7,2)6-9/h6-7H,3-5H2,1-2H3/t7-,8-/m0/s1. The maximum absolute atomic E-state index is 10.5. The van der Waals surface area contributed by atoms with Gasteiger partial charge in [0.1, 0.15) is 6.29 Å². The Morgan fingerprint density at radius 3 is 2.56 bits per heavy atom. The minimum atomic E-state index is 0.0139. The molecule has 9 heavy (non-hydrogen) atoms. The lowest BCUT2D eigenvalue weighted by Gasteiger charge is -2.20. The van der Waals surface area contributed by atoms with Gasteiger partial charge in [-0.05, 0) is 18.8 Å². The molecule has 0 heterocycles. The molecular formula is C8H14O. The highest BCUT2D eigenvalue weighted by Gasteiger charge is 2.34. The Balaban J connectivity index is 2.66. The van der Waals surface area contributed by atoms with E-state index in [2.05, 4.69) is 13.8 Å². The molecule has 0 spiro atoms. The number of rotatable bonds is 1. The molecule has 1 aliphatic rings. The van der Waals surface area contributed by atoms with E-state index < -0.39 is 0 Å². The zero-order valence-corrected chi connectivity index (χ0v) is 6.18. The molecule has 1 saturated carbocycles. The summed E-state index contributed by atoms with van der Waals surface area (Å²) in [5.41, 5.74) is 0.0139. The van der Waals surface area contributed by atoms with Crippen LogP contribution in [0.3, 0.4) is 0 Å². The van der Waals surface area contributed by atoms with Crippen LogP contribution in [0.25, 0.3) is 0 Å². The minimum absolute atomic E-state index is 0.0139. The number of carbonyl (C=O) groups is 1. The Bertz CT molecular complexity index is 120. The average molecular weight is 126 g/mol. The highest BCUT2D eigenvalue weighted by atomic mass is 16.1. The smallest absolute Gasteiger partial charge is 0.126 e. The summed E-state index contributed by atoms with van der Waals surface area (Å²) in [6.07, 6.45) is 4.69. The van der Waals surface area contributed by atoms with Crippen LogP contribution in [-0.2, 0) is 4.79 Å². The van der Waals surface area contributed by atoms with Crippen molar-refractivity contribution in [2.24, 2.45) is 11.3 Å². The number of hydrogen-bond acceptors (Lipinski definition) is 1. The molecule has 0 saturated heterocycles. The van der Waals surface area contributed by atoms with E-state index in [-0.39, 0.29) is 5.41 Å². The van der Waals surface area contributed by atoms with Gasteiger partial charge in [-0.3, -0.25) is 0 Å². The summed E-state index contributed by atoms with van der Waals surface area (Å²) in [4.78, 5) is 10.5. The monoisotopic (exact) mass is 126 g/mol. The van der Waals surface area contributed by atoms with Crippen LogP contribution >= 0.6 is 0 Å². The first-order valence-corrected chi connectivity index (χ1v) is 3.65. The third-order valence-electron chi connectivity index (χ3n) is 2.75. The van der Waals surface area contributed by atoms with E-state index >= 15 is 0 Å². The summed E-state index contributed by atoms with van der Waals surface area (Å²) in [7, 11) is 0. The van der Waals surface area contributed by atoms with Crippen molar-refractivity contribution in [2.75, 3.05) is 0 Å². The minimum Gasteiger partial charge on any atom is -0.303 e. The van der Waals surface area contributed by atoms with Crippen LogP contribution in [-0.4, -0.2) is 6.29 Å². The lowest BCUT2D eigenvalue weighted by molar-refractivity contribution is -0.116. The second kappa shape index (κ2) is 2.13. The molecule has 0 N–H and O–H groups in total. The maximum atomic E-state index is 10.5. The van der Waals surface area contributed by atoms with Gasteiger partial charge in [-0.15, -0.1) is 0 Å². The van der Waals surface area contributed by atoms with Crippen molar-refractivity contribution >= 4 is 6.29 Å². The third-order valence-corrected chi connectivity index (χ3v) is 2.75. The van der Waals surface area contributed by atoms with Gasteiger partial charge < -0.3 is 4.79 Å². The van der Waals surface area contributed by atoms with Crippen LogP contribution in [0, 0.1) is 11.3 Å². The van der Waals surface area contributed by atoms with Gasteiger partial charge in [0.25, 0.3) is 0 Å². The van der Waals surface area contributed by atoms with E-state index in [1.807, 2.05) is 0 Å². The predicted octanol–water partition coefficient (Wildman–Crippen LogP) is 2.01. The van der Waals surface area contributed by atoms with Crippen molar-refractivity contribution in [2.45, 2.75) is 33.1 Å². The zero-order valence-electron chi connectivity index (χ0n) is 6.18. The van der Waals surface area contributed by atoms with Crippen molar-refractivity contribution in [3.8, 4) is 0 Å². The Hall–Kier alpha value is -0.330. The van der Waals surface area contributed by atoms with Crippen LogP contribution in [0.5, 0.6) is 0 Å². The van der Waals surface area contributed by atoms with E-state index in [1.165, 1.54) is 12.8 Å². The normalized spacial score (nSPS) is 43.1. The molecule has 0 amide bonds. The maximum Gasteiger partial charge on any atom is 0.126 e. The molecule has 0 unspecified atom stereocenters. The molecular weight excluding hydrogens is 112 g/mol. The van der Waals surface area contributed by atoms with E-state index in [1.54, 1.807) is 0 Å². The molecule has 1 heteroatoms. The lowest BCUT2D eigenvalue weighted by atomic mass is 9.83. The van der Waals surface area contributed by atoms with Crippen LogP contribution in [0.2, 0.25) is 0 Å². The molecule has 0 aromatic carbocycles. The molecule has 1 fully saturated rings. The molecule has 0 aromatic rings. The van der Waals surface area contributed by atoms with Crippen LogP contribution in [0.15, 0.2) is 0 Å². The molecule has 1 rings (SSSR count). The van der Waals surface area contributed by atoms with E-state index in [0.29, 0.717) is 5.92 Å². The fourth-order valence-electron chi connectivity index (χ4n) is 1.54. The SMILES string of the molecule is C[C@H]1CCC[C@@]1(C)C=O. The highest BCUT2D eigenvalue weighted by molar-refractivity contribution is 5.59. The van der Waals surface area contributed by atoms with Crippen molar-refractivity contribution in [3.05, 3.63) is 0 Å². The summed E-state index contributed by atoms with van der Waals surface area (Å²) < 4.78 is 0. The van der Waals surface area contributed by atoms with Gasteiger partial charge in [0.2, 0.25) is 0 Å². The summed E-state index contributed by atoms with van der Waals surface area (Å²) in [5, 5.41) is 0. The topological polar surface area (TPSA) is 17.1 Å². The average Bonchev–Trinajstić information content (AvgIpc) is 2.15. The summed E-state index contributed by atoms with van der Waals surface area (Å²) in [6.45, 7) is 4.24. The van der Waals surface area contributed by atoms with Gasteiger partial charge in [0.05, 0.1) is 0 Å². The van der Waals surface area contributed by atoms with Gasteiger partial charge in [-0.1, -0.05) is 20.3 Å². The fraction of sp³-hybridized carbons (Fsp3) is 0.875. The first-order valence-electron chi connectivity index (χ1n) is 3.65. The fourth-order valence-corrected chi connectivity index (χ4v) is 1.54. The van der Waals surface area contributed by atoms with Crippen molar-refractivity contribution < 1.29 is 4.79 Å². The van der Waals surface area contributed by atoms with E-state index in [0.717, 1.165) is 12.7 Å². The lowest BCUT2D eigenvalue weighted by Crippen LogP contribution is -2.20. The largest absolute Gasteiger partial charge is 0.303 e. The Kier molecular flexibility index (Phi) is 1.60. The second-order valence-corrected chi connectivity index (χ2v) is 3.42. The van der Waals surface area contributed by atoms with Gasteiger partial charge >= 0.3 is 0 Å². The van der Waals surface area contributed by atoms with Crippen LogP contribution in [0.4, 0.5) is 0 Å². The number of hydrogen-bond donors (Lipinski definition) is 0. The van der Waals surface area contributed by atoms with Gasteiger partial charge in [0.15, 0.2) is 0 Å². The van der Waals surface area contributed by atoms with Crippen molar-refractivity contribution in [3.63, 3.8) is 0 Å². The number of carbonyl (C=O) groups excluding carboxylic acids is 1. The highest BCUT2D eigenvalue weighted by Crippen LogP contribution is 2.40. The van der Waals surface area contributed by atoms with Gasteiger partial charge in [0, 0.05) is 5.41 Å². The summed E-state index contributed by atoms with van der Waals surface area (Å²) in [5.74, 6) is 0.606. The molecule has 1 nitrogen and oxygen atoms in total. The van der Waals surface area contributed by atoms with E-state index in [4.69, 9.17) is 0 Å². The predicted molar refractivity (Wildman–Crippen MR) is 37.2 cm³/mol. The summed E-state index contributed by atoms with van der Waals surface area (Å²) in [6, 6.07) is 0. The molecule has 0 aromatic heterocycles. The molecule has 0 aliphatic heterocycles. The Morgan fingerprint density at radius 1 is 1.67 bits per heavy atom. The molecule has 1 aliphatic carbocycles. The molecule has 0 radical (unpaired) electrons. The van der Waals surface area contributed by atoms with Gasteiger partial charge in [-0.25, -0.2) is 0 Å². The van der Waals surface area contributed by atoms with Crippen molar-refractivity contribution in [1.82, 2.24) is 0 Å². The van der Waals surface area contributed by atoms with Crippen molar-refractivity contribution in [1.29, 1.82) is 0 Å². The van der Waals surface area contributed by atoms with Gasteiger partial charge in [-0.2, -0.15) is 0 Å². The zero-order chi connectivity index (χ0) is 6.91.